The van der Waals surface area contributed by atoms with Crippen LogP contribution < -0.4 is 9.46 Å². The highest BCUT2D eigenvalue weighted by Crippen LogP contribution is 2.24. The van der Waals surface area contributed by atoms with E-state index in [0.29, 0.717) is 35.1 Å². The van der Waals surface area contributed by atoms with Gasteiger partial charge in [0.1, 0.15) is 5.75 Å². The number of halogens is 1. The molecular formula is C19H23ClN2O4S. The van der Waals surface area contributed by atoms with Gasteiger partial charge in [0.2, 0.25) is 0 Å². The zero-order chi connectivity index (χ0) is 20.0. The molecule has 8 heteroatoms. The molecule has 0 unspecified atom stereocenters. The molecule has 1 N–H and O–H groups in total. The molecule has 0 aliphatic rings. The van der Waals surface area contributed by atoms with Crippen LogP contribution in [0.5, 0.6) is 5.75 Å². The van der Waals surface area contributed by atoms with Gasteiger partial charge in [-0.3, -0.25) is 9.52 Å². The smallest absolute Gasteiger partial charge is 0.261 e. The van der Waals surface area contributed by atoms with E-state index in [1.54, 1.807) is 42.2 Å². The molecule has 0 saturated heterocycles. The molecule has 146 valence electrons. The lowest BCUT2D eigenvalue weighted by atomic mass is 10.2. The van der Waals surface area contributed by atoms with Crippen LogP contribution in [0.1, 0.15) is 19.4 Å². The van der Waals surface area contributed by atoms with Crippen molar-refractivity contribution < 1.29 is 17.9 Å². The SMILES string of the molecule is CCN(CC)C(=O)COc1ccc(S(=O)(=O)Nc2ccc(Cl)cc2)cc1C. The Balaban J connectivity index is 2.10. The second-order valence-electron chi connectivity index (χ2n) is 5.89. The molecule has 2 aromatic carbocycles. The van der Waals surface area contributed by atoms with Gasteiger partial charge < -0.3 is 9.64 Å². The predicted octanol–water partition coefficient (Wildman–Crippen LogP) is 3.70. The summed E-state index contributed by atoms with van der Waals surface area (Å²) in [5.41, 5.74) is 1.04. The van der Waals surface area contributed by atoms with Crippen LogP contribution in [0.15, 0.2) is 47.4 Å². The van der Waals surface area contributed by atoms with Crippen molar-refractivity contribution in [1.29, 1.82) is 0 Å². The topological polar surface area (TPSA) is 75.7 Å². The lowest BCUT2D eigenvalue weighted by molar-refractivity contribution is -0.132. The first-order chi connectivity index (χ1) is 12.8. The summed E-state index contributed by atoms with van der Waals surface area (Å²) in [6.07, 6.45) is 0. The van der Waals surface area contributed by atoms with E-state index >= 15 is 0 Å². The zero-order valence-electron chi connectivity index (χ0n) is 15.5. The van der Waals surface area contributed by atoms with Crippen LogP contribution in [-0.2, 0) is 14.8 Å². The predicted molar refractivity (Wildman–Crippen MR) is 107 cm³/mol. The van der Waals surface area contributed by atoms with E-state index in [0.717, 1.165) is 0 Å². The number of benzene rings is 2. The van der Waals surface area contributed by atoms with Crippen LogP contribution in [0, 0.1) is 6.92 Å². The Morgan fingerprint density at radius 2 is 1.74 bits per heavy atom. The lowest BCUT2D eigenvalue weighted by Crippen LogP contribution is -2.34. The van der Waals surface area contributed by atoms with Crippen LogP contribution in [-0.4, -0.2) is 38.9 Å². The summed E-state index contributed by atoms with van der Waals surface area (Å²) in [6, 6.07) is 10.9. The Morgan fingerprint density at radius 1 is 1.11 bits per heavy atom. The first kappa shape index (κ1) is 21.1. The maximum absolute atomic E-state index is 12.5. The Labute approximate surface area is 165 Å². The minimum atomic E-state index is -3.74. The average molecular weight is 411 g/mol. The highest BCUT2D eigenvalue weighted by Gasteiger charge is 2.17. The summed E-state index contributed by atoms with van der Waals surface area (Å²) in [7, 11) is -3.74. The Morgan fingerprint density at radius 3 is 2.30 bits per heavy atom. The zero-order valence-corrected chi connectivity index (χ0v) is 17.1. The van der Waals surface area contributed by atoms with E-state index in [2.05, 4.69) is 4.72 Å². The highest BCUT2D eigenvalue weighted by atomic mass is 35.5. The molecule has 0 radical (unpaired) electrons. The molecule has 0 saturated carbocycles. The minimum absolute atomic E-state index is 0.0857. The summed E-state index contributed by atoms with van der Waals surface area (Å²) in [5, 5.41) is 0.523. The van der Waals surface area contributed by atoms with Crippen molar-refractivity contribution in [1.82, 2.24) is 4.90 Å². The molecule has 0 spiro atoms. The van der Waals surface area contributed by atoms with Gasteiger partial charge in [-0.25, -0.2) is 8.42 Å². The van der Waals surface area contributed by atoms with Crippen molar-refractivity contribution in [2.45, 2.75) is 25.7 Å². The van der Waals surface area contributed by atoms with Gasteiger partial charge in [0.25, 0.3) is 15.9 Å². The number of nitrogens with one attached hydrogen (secondary N) is 1. The number of carbonyl (C=O) groups excluding carboxylic acids is 1. The summed E-state index contributed by atoms with van der Waals surface area (Å²) in [5.74, 6) is 0.362. The second-order valence-corrected chi connectivity index (χ2v) is 8.01. The molecule has 2 rings (SSSR count). The normalized spacial score (nSPS) is 11.1. The van der Waals surface area contributed by atoms with E-state index in [-0.39, 0.29) is 17.4 Å². The Hall–Kier alpha value is -2.25. The van der Waals surface area contributed by atoms with Gasteiger partial charge in [-0.1, -0.05) is 11.6 Å². The van der Waals surface area contributed by atoms with Crippen molar-refractivity contribution in [3.8, 4) is 5.75 Å². The van der Waals surface area contributed by atoms with Gasteiger partial charge in [-0.05, 0) is 68.8 Å². The monoisotopic (exact) mass is 410 g/mol. The molecule has 1 amide bonds. The van der Waals surface area contributed by atoms with Gasteiger partial charge in [-0.2, -0.15) is 0 Å². The van der Waals surface area contributed by atoms with Crippen LogP contribution in [0.4, 0.5) is 5.69 Å². The van der Waals surface area contributed by atoms with E-state index in [9.17, 15) is 13.2 Å². The maximum Gasteiger partial charge on any atom is 0.261 e. The molecule has 0 aliphatic carbocycles. The van der Waals surface area contributed by atoms with Crippen LogP contribution in [0.3, 0.4) is 0 Å². The summed E-state index contributed by atoms with van der Waals surface area (Å²) >= 11 is 5.81. The van der Waals surface area contributed by atoms with Gasteiger partial charge in [-0.15, -0.1) is 0 Å². The number of nitrogens with zero attached hydrogens (tertiary/aromatic N) is 1. The number of amides is 1. The van der Waals surface area contributed by atoms with Gasteiger partial charge in [0.05, 0.1) is 4.90 Å². The fourth-order valence-electron chi connectivity index (χ4n) is 2.49. The lowest BCUT2D eigenvalue weighted by Gasteiger charge is -2.19. The number of rotatable bonds is 8. The number of carbonyl (C=O) groups is 1. The van der Waals surface area contributed by atoms with Gasteiger partial charge >= 0.3 is 0 Å². The quantitative estimate of drug-likeness (QED) is 0.720. The summed E-state index contributed by atoms with van der Waals surface area (Å²) in [6.45, 7) is 6.69. The molecule has 27 heavy (non-hydrogen) atoms. The van der Waals surface area contributed by atoms with Crippen molar-refractivity contribution >= 4 is 33.2 Å². The number of sulfonamides is 1. The molecule has 6 nitrogen and oxygen atoms in total. The first-order valence-corrected chi connectivity index (χ1v) is 10.4. The number of ether oxygens (including phenoxy) is 1. The van der Waals surface area contributed by atoms with E-state index < -0.39 is 10.0 Å². The molecule has 0 heterocycles. The van der Waals surface area contributed by atoms with Gasteiger partial charge in [0, 0.05) is 23.8 Å². The van der Waals surface area contributed by atoms with Crippen molar-refractivity contribution in [2.24, 2.45) is 0 Å². The first-order valence-electron chi connectivity index (χ1n) is 8.56. The van der Waals surface area contributed by atoms with Crippen LogP contribution >= 0.6 is 11.6 Å². The number of aryl methyl sites for hydroxylation is 1. The minimum Gasteiger partial charge on any atom is -0.483 e. The third kappa shape index (κ3) is 5.61. The third-order valence-corrected chi connectivity index (χ3v) is 5.65. The van der Waals surface area contributed by atoms with E-state index in [4.69, 9.17) is 16.3 Å². The van der Waals surface area contributed by atoms with Gasteiger partial charge in [0.15, 0.2) is 6.61 Å². The van der Waals surface area contributed by atoms with Crippen LogP contribution in [0.25, 0.3) is 0 Å². The molecule has 2 aromatic rings. The molecule has 0 aromatic heterocycles. The van der Waals surface area contributed by atoms with Crippen molar-refractivity contribution in [3.05, 3.63) is 53.1 Å². The van der Waals surface area contributed by atoms with Crippen LogP contribution in [0.2, 0.25) is 5.02 Å². The summed E-state index contributed by atoms with van der Waals surface area (Å²) in [4.78, 5) is 13.8. The second kappa shape index (κ2) is 9.10. The Bertz CT molecular complexity index is 894. The highest BCUT2D eigenvalue weighted by molar-refractivity contribution is 7.92. The standard InChI is InChI=1S/C19H23ClN2O4S/c1-4-22(5-2)19(23)13-26-18-11-10-17(12-14(18)3)27(24,25)21-16-8-6-15(20)7-9-16/h6-12,21H,4-5,13H2,1-3H3. The number of likely N-dealkylation sites (N-methyl/N-ethyl adjacent to an activating group) is 1. The fraction of sp³-hybridized carbons (Fsp3) is 0.316. The van der Waals surface area contributed by atoms with Crippen molar-refractivity contribution in [2.75, 3.05) is 24.4 Å². The molecular weight excluding hydrogens is 388 g/mol. The fourth-order valence-corrected chi connectivity index (χ4v) is 3.76. The average Bonchev–Trinajstić information content (AvgIpc) is 2.63. The van der Waals surface area contributed by atoms with E-state index in [1.807, 2.05) is 13.8 Å². The maximum atomic E-state index is 12.5. The largest absolute Gasteiger partial charge is 0.483 e. The number of hydrogen-bond donors (Lipinski definition) is 1. The third-order valence-electron chi connectivity index (χ3n) is 4.02. The van der Waals surface area contributed by atoms with Crippen molar-refractivity contribution in [3.63, 3.8) is 0 Å². The Kier molecular flexibility index (Phi) is 7.10. The number of anilines is 1. The molecule has 0 fully saturated rings. The van der Waals surface area contributed by atoms with E-state index in [1.165, 1.54) is 12.1 Å². The molecule has 0 bridgehead atoms. The number of hydrogen-bond acceptors (Lipinski definition) is 4. The summed E-state index contributed by atoms with van der Waals surface area (Å²) < 4.78 is 33.1. The molecule has 0 aliphatic heterocycles. The molecule has 0 atom stereocenters.